The van der Waals surface area contributed by atoms with E-state index in [1.165, 1.54) is 0 Å². The lowest BCUT2D eigenvalue weighted by atomic mass is 10.3. The average Bonchev–Trinajstić information content (AvgIpc) is 2.16. The van der Waals surface area contributed by atoms with Crippen LogP contribution in [0.2, 0.25) is 0 Å². The van der Waals surface area contributed by atoms with E-state index < -0.39 is 0 Å². The minimum Gasteiger partial charge on any atom is -0.751 e. The van der Waals surface area contributed by atoms with Gasteiger partial charge in [0.2, 0.25) is 6.40 Å². The van der Waals surface area contributed by atoms with Crippen LogP contribution in [0.5, 0.6) is 0 Å². The van der Waals surface area contributed by atoms with Gasteiger partial charge in [-0.15, -0.1) is 0 Å². The minimum atomic E-state index is -0.297. The first kappa shape index (κ1) is 13.1. The Balaban J connectivity index is 3.76. The molecule has 1 unspecified atom stereocenters. The van der Waals surface area contributed by atoms with E-state index in [9.17, 15) is 5.21 Å². The van der Waals surface area contributed by atoms with Crippen molar-refractivity contribution in [2.45, 2.75) is 32.9 Å². The molecule has 0 heterocycles. The molecule has 78 valence electrons. The summed E-state index contributed by atoms with van der Waals surface area (Å²) in [6, 6.07) is 0. The van der Waals surface area contributed by atoms with Crippen molar-refractivity contribution in [3.8, 4) is 0 Å². The lowest BCUT2D eigenvalue weighted by Crippen LogP contribution is -2.42. The summed E-state index contributed by atoms with van der Waals surface area (Å²) in [5.74, 6) is 0. The third kappa shape index (κ3) is 6.19. The molecule has 1 N–H and O–H groups in total. The zero-order chi connectivity index (χ0) is 10.1. The summed E-state index contributed by atoms with van der Waals surface area (Å²) in [5.41, 5.74) is 0. The third-order valence-electron chi connectivity index (χ3n) is 1.46. The molecule has 0 bridgehead atoms. The first-order chi connectivity index (χ1) is 6.26. The normalized spacial score (nSPS) is 13.9. The molecule has 0 aromatic carbocycles. The summed E-state index contributed by atoms with van der Waals surface area (Å²) >= 11 is 1.74. The van der Waals surface area contributed by atoms with Gasteiger partial charge >= 0.3 is 0 Å². The molecule has 0 spiro atoms. The number of nitrogens with zero attached hydrogens (tertiary/aromatic N) is 2. The fourth-order valence-corrected chi connectivity index (χ4v) is 0.918. The molecule has 0 aliphatic heterocycles. The molecule has 13 heavy (non-hydrogen) atoms. The Morgan fingerprint density at radius 2 is 2.38 bits per heavy atom. The van der Waals surface area contributed by atoms with Crippen LogP contribution in [0.15, 0.2) is 3.21 Å². The van der Waals surface area contributed by atoms with Gasteiger partial charge in [-0.05, 0) is 19.4 Å². The molecule has 6 heteroatoms. The highest BCUT2D eigenvalue weighted by atomic mass is 127. The van der Waals surface area contributed by atoms with E-state index in [0.29, 0.717) is 11.6 Å². The molecule has 5 nitrogen and oxygen atoms in total. The number of nitrogens with one attached hydrogen (secondary N) is 1. The maximum Gasteiger partial charge on any atom is 0.205 e. The Labute approximate surface area is 92.6 Å². The van der Waals surface area contributed by atoms with Crippen LogP contribution in [0.4, 0.5) is 0 Å². The second-order valence-electron chi connectivity index (χ2n) is 2.47. The maximum absolute atomic E-state index is 11.2. The molecular weight excluding hydrogens is 285 g/mol. The van der Waals surface area contributed by atoms with Crippen molar-refractivity contribution in [3.05, 3.63) is 5.21 Å². The van der Waals surface area contributed by atoms with E-state index in [1.54, 1.807) is 22.9 Å². The van der Waals surface area contributed by atoms with E-state index in [4.69, 9.17) is 0 Å². The highest BCUT2D eigenvalue weighted by molar-refractivity contribution is 14.1. The fraction of sp³-hybridized carbons (Fsp3) is 0.857. The van der Waals surface area contributed by atoms with Crippen LogP contribution < -0.4 is 5.32 Å². The number of hydrogen-bond donors (Lipinski definition) is 1. The zero-order valence-electron chi connectivity index (χ0n) is 7.86. The molecule has 0 aliphatic rings. The van der Waals surface area contributed by atoms with E-state index in [2.05, 4.69) is 13.4 Å². The fourth-order valence-electron chi connectivity index (χ4n) is 0.817. The van der Waals surface area contributed by atoms with Crippen LogP contribution >= 0.6 is 22.9 Å². The van der Waals surface area contributed by atoms with Crippen LogP contribution in [0.25, 0.3) is 0 Å². The van der Waals surface area contributed by atoms with Gasteiger partial charge in [0.1, 0.15) is 0 Å². The van der Waals surface area contributed by atoms with Gasteiger partial charge < -0.3 is 15.4 Å². The Bertz CT molecular complexity index is 146. The summed E-state index contributed by atoms with van der Waals surface area (Å²) in [7, 11) is 0. The predicted octanol–water partition coefficient (Wildman–Crippen LogP) is 1.83. The van der Waals surface area contributed by atoms with Crippen molar-refractivity contribution in [3.63, 3.8) is 0 Å². The number of hydroxylamine groups is 2. The molecule has 1 atom stereocenters. The second kappa shape index (κ2) is 8.67. The van der Waals surface area contributed by atoms with Crippen LogP contribution in [0.1, 0.15) is 26.7 Å². The number of rotatable bonds is 7. The topological polar surface area (TPSA) is 59.9 Å². The van der Waals surface area contributed by atoms with Crippen molar-refractivity contribution in [1.82, 2.24) is 10.5 Å². The first-order valence-corrected chi connectivity index (χ1v) is 5.22. The van der Waals surface area contributed by atoms with E-state index in [-0.39, 0.29) is 6.17 Å². The molecule has 0 fully saturated rings. The highest BCUT2D eigenvalue weighted by Gasteiger charge is 2.06. The quantitative estimate of drug-likeness (QED) is 0.256. The molecule has 0 aromatic heterocycles. The molecule has 0 amide bonds. The van der Waals surface area contributed by atoms with Crippen LogP contribution in [0, 0.1) is 5.21 Å². The van der Waals surface area contributed by atoms with Crippen LogP contribution in [-0.2, 0) is 4.84 Å². The van der Waals surface area contributed by atoms with Gasteiger partial charge in [-0.25, -0.2) is 0 Å². The Morgan fingerprint density at radius 3 is 2.85 bits per heavy atom. The minimum absolute atomic E-state index is 0.297. The Kier molecular flexibility index (Phi) is 8.72. The number of halogens is 1. The summed E-state index contributed by atoms with van der Waals surface area (Å²) in [6.45, 7) is 4.77. The summed E-state index contributed by atoms with van der Waals surface area (Å²) in [6.07, 6.45) is 2.50. The molecule has 0 rings (SSSR count). The number of hydrogen-bond acceptors (Lipinski definition) is 5. The third-order valence-corrected chi connectivity index (χ3v) is 1.69. The summed E-state index contributed by atoms with van der Waals surface area (Å²) in [4.78, 5) is 4.66. The molecular formula is C7H15IN3O2-. The summed E-state index contributed by atoms with van der Waals surface area (Å²) < 4.78 is 3.53. The molecule has 0 saturated heterocycles. The first-order valence-electron chi connectivity index (χ1n) is 4.25. The maximum atomic E-state index is 11.2. The van der Waals surface area contributed by atoms with Gasteiger partial charge in [-0.3, -0.25) is 0 Å². The van der Waals surface area contributed by atoms with Crippen molar-refractivity contribution in [1.29, 1.82) is 0 Å². The lowest BCUT2D eigenvalue weighted by Gasteiger charge is -2.33. The highest BCUT2D eigenvalue weighted by Crippen LogP contribution is 1.99. The summed E-state index contributed by atoms with van der Waals surface area (Å²) in [5, 5.41) is 14.8. The predicted molar refractivity (Wildman–Crippen MR) is 61.2 cm³/mol. The molecule has 0 radical (unpaired) electrons. The van der Waals surface area contributed by atoms with Gasteiger partial charge in [0.15, 0.2) is 0 Å². The van der Waals surface area contributed by atoms with Crippen LogP contribution in [-0.4, -0.2) is 24.3 Å². The van der Waals surface area contributed by atoms with Crippen molar-refractivity contribution in [2.75, 3.05) is 6.54 Å². The smallest absolute Gasteiger partial charge is 0.205 e. The van der Waals surface area contributed by atoms with Crippen molar-refractivity contribution in [2.24, 2.45) is 3.21 Å². The average molecular weight is 300 g/mol. The van der Waals surface area contributed by atoms with E-state index in [0.717, 1.165) is 19.4 Å². The van der Waals surface area contributed by atoms with Crippen molar-refractivity contribution < 1.29 is 4.84 Å². The van der Waals surface area contributed by atoms with Gasteiger partial charge in [-0.1, -0.05) is 13.8 Å². The van der Waals surface area contributed by atoms with Gasteiger partial charge in [0.25, 0.3) is 0 Å². The van der Waals surface area contributed by atoms with Crippen molar-refractivity contribution >= 4 is 29.3 Å². The monoisotopic (exact) mass is 300 g/mol. The van der Waals surface area contributed by atoms with E-state index >= 15 is 0 Å². The van der Waals surface area contributed by atoms with E-state index in [1.807, 2.05) is 13.8 Å². The van der Waals surface area contributed by atoms with Crippen LogP contribution in [0.3, 0.4) is 0 Å². The molecule has 0 saturated carbocycles. The SMILES string of the molecule is CCCNC(CC)N([O-])OC=NI. The second-order valence-corrected chi connectivity index (χ2v) is 3.03. The standard InChI is InChI=1S/C7H15IN3O2/c1-3-5-9-7(4-2)11(12)13-6-10-8/h6-7,9H,3-5H2,1-2H3/q-1. The Hall–Kier alpha value is 0.0800. The molecule has 0 aromatic rings. The van der Waals surface area contributed by atoms with Gasteiger partial charge in [-0.2, -0.15) is 8.43 Å². The Morgan fingerprint density at radius 1 is 1.69 bits per heavy atom. The molecule has 0 aliphatic carbocycles. The zero-order valence-corrected chi connectivity index (χ0v) is 10.0. The van der Waals surface area contributed by atoms with Gasteiger partial charge in [0.05, 0.1) is 29.0 Å². The lowest BCUT2D eigenvalue weighted by molar-refractivity contribution is -0.0663. The largest absolute Gasteiger partial charge is 0.751 e. The van der Waals surface area contributed by atoms with Gasteiger partial charge in [0, 0.05) is 0 Å².